The number of hydrogen-bond acceptors (Lipinski definition) is 8. The molecule has 3 aromatic rings. The predicted molar refractivity (Wildman–Crippen MR) is 109 cm³/mol. The first kappa shape index (κ1) is 19.4. The third kappa shape index (κ3) is 5.55. The summed E-state index contributed by atoms with van der Waals surface area (Å²) in [5.41, 5.74) is 4.56. The summed E-state index contributed by atoms with van der Waals surface area (Å²) in [5.74, 6) is 1.67. The summed E-state index contributed by atoms with van der Waals surface area (Å²) in [4.78, 5) is 20.2. The second kappa shape index (κ2) is 9.51. The highest BCUT2D eigenvalue weighted by Gasteiger charge is 2.08. The SMILES string of the molecule is COc1ccc(/C(C)=N/Nc2nc(SCC(=O)Nc3ccccn3)n[nH]2)cc1. The molecule has 10 heteroatoms. The van der Waals surface area contributed by atoms with Crippen molar-refractivity contribution in [1.29, 1.82) is 0 Å². The van der Waals surface area contributed by atoms with Crippen LogP contribution >= 0.6 is 11.8 Å². The molecule has 0 fully saturated rings. The summed E-state index contributed by atoms with van der Waals surface area (Å²) in [5, 5.41) is 14.2. The number of benzene rings is 1. The Kier molecular flexibility index (Phi) is 6.58. The fraction of sp³-hybridized carbons (Fsp3) is 0.167. The summed E-state index contributed by atoms with van der Waals surface area (Å²) in [6.45, 7) is 1.88. The average molecular weight is 397 g/mol. The minimum atomic E-state index is -0.184. The average Bonchev–Trinajstić information content (AvgIpc) is 3.19. The number of thioether (sulfide) groups is 1. The molecule has 0 unspecified atom stereocenters. The van der Waals surface area contributed by atoms with Gasteiger partial charge in [0.25, 0.3) is 0 Å². The first-order valence-corrected chi connectivity index (χ1v) is 9.33. The molecule has 0 atom stereocenters. The van der Waals surface area contributed by atoms with E-state index >= 15 is 0 Å². The quantitative estimate of drug-likeness (QED) is 0.304. The number of anilines is 2. The second-order valence-corrected chi connectivity index (χ2v) is 6.50. The molecule has 0 bridgehead atoms. The molecule has 1 amide bonds. The molecule has 144 valence electrons. The molecule has 0 saturated carbocycles. The molecule has 3 rings (SSSR count). The Bertz CT molecular complexity index is 942. The van der Waals surface area contributed by atoms with E-state index in [2.05, 4.69) is 36.0 Å². The summed E-state index contributed by atoms with van der Waals surface area (Å²) >= 11 is 1.21. The summed E-state index contributed by atoms with van der Waals surface area (Å²) in [6.07, 6.45) is 1.62. The van der Waals surface area contributed by atoms with Crippen molar-refractivity contribution in [1.82, 2.24) is 20.2 Å². The van der Waals surface area contributed by atoms with Crippen molar-refractivity contribution in [3.63, 3.8) is 0 Å². The second-order valence-electron chi connectivity index (χ2n) is 5.56. The van der Waals surface area contributed by atoms with Crippen LogP contribution in [0.3, 0.4) is 0 Å². The van der Waals surface area contributed by atoms with Gasteiger partial charge in [0.05, 0.1) is 18.6 Å². The Morgan fingerprint density at radius 2 is 2.07 bits per heavy atom. The molecule has 0 radical (unpaired) electrons. The number of nitrogens with one attached hydrogen (secondary N) is 3. The molecule has 0 aliphatic heterocycles. The molecule has 3 N–H and O–H groups in total. The lowest BCUT2D eigenvalue weighted by atomic mass is 10.1. The fourth-order valence-corrected chi connectivity index (χ4v) is 2.74. The van der Waals surface area contributed by atoms with Gasteiger partial charge in [-0.3, -0.25) is 4.79 Å². The van der Waals surface area contributed by atoms with Crippen molar-refractivity contribution in [2.75, 3.05) is 23.6 Å². The van der Waals surface area contributed by atoms with Gasteiger partial charge in [-0.1, -0.05) is 17.8 Å². The third-order valence-corrected chi connectivity index (χ3v) is 4.41. The molecule has 28 heavy (non-hydrogen) atoms. The number of amides is 1. The topological polar surface area (TPSA) is 117 Å². The molecule has 0 saturated heterocycles. The Morgan fingerprint density at radius 3 is 2.79 bits per heavy atom. The van der Waals surface area contributed by atoms with E-state index < -0.39 is 0 Å². The summed E-state index contributed by atoms with van der Waals surface area (Å²) in [7, 11) is 1.62. The number of methoxy groups -OCH3 is 1. The van der Waals surface area contributed by atoms with E-state index in [-0.39, 0.29) is 11.7 Å². The molecular formula is C18H19N7O2S. The minimum Gasteiger partial charge on any atom is -0.497 e. The van der Waals surface area contributed by atoms with Gasteiger partial charge in [-0.25, -0.2) is 15.5 Å². The van der Waals surface area contributed by atoms with Gasteiger partial charge >= 0.3 is 0 Å². The number of aromatic amines is 1. The van der Waals surface area contributed by atoms with E-state index in [4.69, 9.17) is 4.74 Å². The van der Waals surface area contributed by atoms with Gasteiger partial charge in [0.2, 0.25) is 17.0 Å². The molecule has 1 aromatic carbocycles. The molecule has 0 aliphatic rings. The van der Waals surface area contributed by atoms with Gasteiger partial charge in [-0.05, 0) is 48.9 Å². The number of rotatable bonds is 8. The van der Waals surface area contributed by atoms with Gasteiger partial charge in [0.1, 0.15) is 11.6 Å². The van der Waals surface area contributed by atoms with Crippen molar-refractivity contribution >= 4 is 35.1 Å². The number of hydrazone groups is 1. The van der Waals surface area contributed by atoms with Gasteiger partial charge in [0, 0.05) is 6.20 Å². The molecule has 9 nitrogen and oxygen atoms in total. The molecule has 2 heterocycles. The fourth-order valence-electron chi connectivity index (χ4n) is 2.14. The Labute approximate surface area is 166 Å². The maximum atomic E-state index is 11.9. The van der Waals surface area contributed by atoms with Crippen molar-refractivity contribution in [2.45, 2.75) is 12.1 Å². The first-order valence-electron chi connectivity index (χ1n) is 8.35. The number of H-pyrrole nitrogens is 1. The number of carbonyl (C=O) groups is 1. The monoisotopic (exact) mass is 397 g/mol. The van der Waals surface area contributed by atoms with Crippen LogP contribution in [0.1, 0.15) is 12.5 Å². The Balaban J connectivity index is 1.50. The lowest BCUT2D eigenvalue weighted by Gasteiger charge is -2.03. The summed E-state index contributed by atoms with van der Waals surface area (Å²) < 4.78 is 5.14. The van der Waals surface area contributed by atoms with Gasteiger partial charge < -0.3 is 10.1 Å². The summed E-state index contributed by atoms with van der Waals surface area (Å²) in [6, 6.07) is 12.9. The minimum absolute atomic E-state index is 0.169. The van der Waals surface area contributed by atoms with E-state index in [9.17, 15) is 4.79 Å². The van der Waals surface area contributed by atoms with Crippen molar-refractivity contribution in [3.8, 4) is 5.75 Å². The van der Waals surface area contributed by atoms with Crippen LogP contribution in [0, 0.1) is 0 Å². The van der Waals surface area contributed by atoms with Crippen LogP contribution in [0.4, 0.5) is 11.8 Å². The van der Waals surface area contributed by atoms with Crippen LogP contribution in [-0.2, 0) is 4.79 Å². The predicted octanol–water partition coefficient (Wildman–Crippen LogP) is 2.78. The maximum absolute atomic E-state index is 11.9. The number of hydrogen-bond donors (Lipinski definition) is 3. The van der Waals surface area contributed by atoms with Crippen molar-refractivity contribution in [3.05, 3.63) is 54.2 Å². The zero-order chi connectivity index (χ0) is 19.8. The number of carbonyl (C=O) groups excluding carboxylic acids is 1. The number of ether oxygens (including phenoxy) is 1. The third-order valence-electron chi connectivity index (χ3n) is 3.57. The van der Waals surface area contributed by atoms with Crippen LogP contribution in [0.2, 0.25) is 0 Å². The lowest BCUT2D eigenvalue weighted by molar-refractivity contribution is -0.113. The van der Waals surface area contributed by atoms with Crippen molar-refractivity contribution in [2.24, 2.45) is 5.10 Å². The smallest absolute Gasteiger partial charge is 0.240 e. The highest BCUT2D eigenvalue weighted by molar-refractivity contribution is 7.99. The van der Waals surface area contributed by atoms with Crippen molar-refractivity contribution < 1.29 is 9.53 Å². The number of nitrogens with zero attached hydrogens (tertiary/aromatic N) is 4. The van der Waals surface area contributed by atoms with Gasteiger partial charge in [-0.15, -0.1) is 5.10 Å². The van der Waals surface area contributed by atoms with Crippen LogP contribution < -0.4 is 15.5 Å². The maximum Gasteiger partial charge on any atom is 0.240 e. The van der Waals surface area contributed by atoms with Gasteiger partial charge in [-0.2, -0.15) is 10.1 Å². The molecular weight excluding hydrogens is 378 g/mol. The van der Waals surface area contributed by atoms with E-state index in [0.717, 1.165) is 17.0 Å². The first-order chi connectivity index (χ1) is 13.6. The van der Waals surface area contributed by atoms with Gasteiger partial charge in [0.15, 0.2) is 0 Å². The lowest BCUT2D eigenvalue weighted by Crippen LogP contribution is -2.14. The van der Waals surface area contributed by atoms with Crippen LogP contribution in [0.25, 0.3) is 0 Å². The molecule has 0 aliphatic carbocycles. The van der Waals surface area contributed by atoms with E-state index in [1.54, 1.807) is 31.5 Å². The van der Waals surface area contributed by atoms with E-state index in [0.29, 0.717) is 16.9 Å². The zero-order valence-electron chi connectivity index (χ0n) is 15.3. The van der Waals surface area contributed by atoms with Crippen LogP contribution in [0.5, 0.6) is 5.75 Å². The zero-order valence-corrected chi connectivity index (χ0v) is 16.2. The highest BCUT2D eigenvalue weighted by Crippen LogP contribution is 2.15. The molecule has 2 aromatic heterocycles. The highest BCUT2D eigenvalue weighted by atomic mass is 32.2. The Hall–Kier alpha value is -3.40. The standard InChI is InChI=1S/C18H19N7O2S/c1-12(13-6-8-14(27-2)9-7-13)22-23-17-21-18(25-24-17)28-11-16(26)20-15-5-3-4-10-19-15/h3-10H,11H2,1-2H3,(H,19,20,26)(H2,21,23,24,25)/b22-12+. The van der Waals surface area contributed by atoms with E-state index in [1.807, 2.05) is 31.2 Å². The largest absolute Gasteiger partial charge is 0.497 e. The van der Waals surface area contributed by atoms with E-state index in [1.165, 1.54) is 11.8 Å². The molecule has 0 spiro atoms. The number of pyridine rings is 1. The Morgan fingerprint density at radius 1 is 1.25 bits per heavy atom. The van der Waals surface area contributed by atoms with Crippen LogP contribution in [-0.4, -0.2) is 44.6 Å². The normalized spacial score (nSPS) is 11.1. The van der Waals surface area contributed by atoms with Crippen LogP contribution in [0.15, 0.2) is 58.9 Å². The number of aromatic nitrogens is 4.